The Balaban J connectivity index is 1.90. The fourth-order valence-corrected chi connectivity index (χ4v) is 3.17. The summed E-state index contributed by atoms with van der Waals surface area (Å²) >= 11 is 0. The summed E-state index contributed by atoms with van der Waals surface area (Å²) in [5.74, 6) is 2.84. The van der Waals surface area contributed by atoms with Gasteiger partial charge in [0, 0.05) is 35.3 Å². The van der Waals surface area contributed by atoms with E-state index < -0.39 is 0 Å². The quantitative estimate of drug-likeness (QED) is 0.589. The summed E-state index contributed by atoms with van der Waals surface area (Å²) in [6.07, 6.45) is 0. The fraction of sp³-hybridized carbons (Fsp3) is 0.273. The molecule has 0 spiro atoms. The molecule has 0 bridgehead atoms. The minimum Gasteiger partial charge on any atom is -0.493 e. The highest BCUT2D eigenvalue weighted by molar-refractivity contribution is 5.67. The normalized spacial score (nSPS) is 10.4. The lowest BCUT2D eigenvalue weighted by Gasteiger charge is -2.15. The van der Waals surface area contributed by atoms with Crippen LogP contribution in [0.1, 0.15) is 16.8 Å². The SMILES string of the molecule is COc1cc(Nc2cc(C)nc(Nc3cc(C)cc(C)c3)n2)cc(OC)c1OC. The second-order valence-corrected chi connectivity index (χ2v) is 6.76. The van der Waals surface area contributed by atoms with Crippen LogP contribution in [0.15, 0.2) is 36.4 Å². The number of aryl methyl sites for hydroxylation is 3. The lowest BCUT2D eigenvalue weighted by molar-refractivity contribution is 0.324. The molecule has 0 amide bonds. The van der Waals surface area contributed by atoms with E-state index in [1.165, 1.54) is 11.1 Å². The van der Waals surface area contributed by atoms with Gasteiger partial charge in [-0.05, 0) is 44.0 Å². The molecule has 0 aliphatic rings. The minimum atomic E-state index is 0.518. The molecular weight excluding hydrogens is 368 g/mol. The van der Waals surface area contributed by atoms with Crippen LogP contribution in [0.5, 0.6) is 17.2 Å². The number of nitrogens with zero attached hydrogens (tertiary/aromatic N) is 2. The first-order chi connectivity index (χ1) is 13.9. The molecule has 7 nitrogen and oxygen atoms in total. The Morgan fingerprint density at radius 2 is 1.24 bits per heavy atom. The van der Waals surface area contributed by atoms with E-state index in [0.717, 1.165) is 17.1 Å². The van der Waals surface area contributed by atoms with Gasteiger partial charge in [-0.1, -0.05) is 6.07 Å². The number of hydrogen-bond donors (Lipinski definition) is 2. The van der Waals surface area contributed by atoms with E-state index in [2.05, 4.69) is 52.6 Å². The highest BCUT2D eigenvalue weighted by atomic mass is 16.5. The summed E-state index contributed by atoms with van der Waals surface area (Å²) in [6, 6.07) is 11.8. The van der Waals surface area contributed by atoms with Crippen LogP contribution in [0.2, 0.25) is 0 Å². The summed E-state index contributed by atoms with van der Waals surface area (Å²) in [5.41, 5.74) is 4.90. The van der Waals surface area contributed by atoms with Crippen LogP contribution in [0.4, 0.5) is 23.1 Å². The molecule has 2 aromatic carbocycles. The maximum Gasteiger partial charge on any atom is 0.229 e. The Morgan fingerprint density at radius 1 is 0.655 bits per heavy atom. The Morgan fingerprint density at radius 3 is 1.79 bits per heavy atom. The van der Waals surface area contributed by atoms with Crippen LogP contribution in [0, 0.1) is 20.8 Å². The first kappa shape index (κ1) is 20.3. The maximum absolute atomic E-state index is 5.42. The Bertz CT molecular complexity index is 976. The highest BCUT2D eigenvalue weighted by Gasteiger charge is 2.14. The van der Waals surface area contributed by atoms with Crippen LogP contribution in [0.25, 0.3) is 0 Å². The molecule has 0 atom stereocenters. The van der Waals surface area contributed by atoms with E-state index in [9.17, 15) is 0 Å². The molecule has 0 fully saturated rings. The number of anilines is 4. The zero-order valence-corrected chi connectivity index (χ0v) is 17.6. The molecule has 3 rings (SSSR count). The molecule has 0 saturated heterocycles. The van der Waals surface area contributed by atoms with Crippen molar-refractivity contribution in [3.8, 4) is 17.2 Å². The number of rotatable bonds is 7. The molecule has 0 radical (unpaired) electrons. The van der Waals surface area contributed by atoms with Gasteiger partial charge in [-0.15, -0.1) is 0 Å². The van der Waals surface area contributed by atoms with Gasteiger partial charge >= 0.3 is 0 Å². The van der Waals surface area contributed by atoms with Gasteiger partial charge in [0.1, 0.15) is 5.82 Å². The second-order valence-electron chi connectivity index (χ2n) is 6.76. The van der Waals surface area contributed by atoms with Gasteiger partial charge in [0.15, 0.2) is 11.5 Å². The van der Waals surface area contributed by atoms with Crippen LogP contribution in [-0.2, 0) is 0 Å². The molecule has 0 aliphatic heterocycles. The maximum atomic E-state index is 5.42. The number of ether oxygens (including phenoxy) is 3. The molecule has 29 heavy (non-hydrogen) atoms. The van der Waals surface area contributed by atoms with E-state index in [0.29, 0.717) is 29.0 Å². The molecule has 1 heterocycles. The second kappa shape index (κ2) is 8.68. The van der Waals surface area contributed by atoms with Crippen LogP contribution < -0.4 is 24.8 Å². The van der Waals surface area contributed by atoms with Gasteiger partial charge in [0.25, 0.3) is 0 Å². The zero-order valence-electron chi connectivity index (χ0n) is 17.6. The first-order valence-electron chi connectivity index (χ1n) is 9.20. The van der Waals surface area contributed by atoms with Crippen LogP contribution in [-0.4, -0.2) is 31.3 Å². The summed E-state index contributed by atoms with van der Waals surface area (Å²) in [4.78, 5) is 9.08. The average Bonchev–Trinajstić information content (AvgIpc) is 2.65. The first-order valence-corrected chi connectivity index (χ1v) is 9.20. The molecule has 2 N–H and O–H groups in total. The molecule has 152 valence electrons. The third kappa shape index (κ3) is 4.87. The molecule has 7 heteroatoms. The number of hydrogen-bond acceptors (Lipinski definition) is 7. The molecule has 0 unspecified atom stereocenters. The van der Waals surface area contributed by atoms with Crippen molar-refractivity contribution in [2.24, 2.45) is 0 Å². The predicted molar refractivity (Wildman–Crippen MR) is 115 cm³/mol. The minimum absolute atomic E-state index is 0.518. The Hall–Kier alpha value is -3.48. The van der Waals surface area contributed by atoms with Crippen molar-refractivity contribution < 1.29 is 14.2 Å². The van der Waals surface area contributed by atoms with Gasteiger partial charge in [-0.25, -0.2) is 4.98 Å². The van der Waals surface area contributed by atoms with Crippen LogP contribution in [0.3, 0.4) is 0 Å². The van der Waals surface area contributed by atoms with Crippen molar-refractivity contribution in [3.63, 3.8) is 0 Å². The number of methoxy groups -OCH3 is 3. The third-order valence-corrected chi connectivity index (χ3v) is 4.27. The average molecular weight is 394 g/mol. The standard InChI is InChI=1S/C22H26N4O3/c1-13-7-14(2)9-16(8-13)25-22-23-15(3)10-20(26-22)24-17-11-18(27-4)21(29-6)19(12-17)28-5/h7-12H,1-6H3,(H2,23,24,25,26). The van der Waals surface area contributed by atoms with Crippen molar-refractivity contribution in [1.82, 2.24) is 9.97 Å². The van der Waals surface area contributed by atoms with Gasteiger partial charge in [0.05, 0.1) is 21.3 Å². The summed E-state index contributed by atoms with van der Waals surface area (Å²) in [7, 11) is 4.75. The Kier molecular flexibility index (Phi) is 6.07. The van der Waals surface area contributed by atoms with E-state index in [1.807, 2.05) is 25.1 Å². The molecular formula is C22H26N4O3. The van der Waals surface area contributed by atoms with Crippen molar-refractivity contribution in [3.05, 3.63) is 53.2 Å². The van der Waals surface area contributed by atoms with Crippen LogP contribution >= 0.6 is 0 Å². The number of nitrogens with one attached hydrogen (secondary N) is 2. The van der Waals surface area contributed by atoms with Crippen molar-refractivity contribution in [1.29, 1.82) is 0 Å². The third-order valence-electron chi connectivity index (χ3n) is 4.27. The summed E-state index contributed by atoms with van der Waals surface area (Å²) in [6.45, 7) is 6.05. The number of aromatic nitrogens is 2. The Labute approximate surface area is 171 Å². The number of benzene rings is 2. The topological polar surface area (TPSA) is 77.5 Å². The largest absolute Gasteiger partial charge is 0.493 e. The molecule has 0 aliphatic carbocycles. The predicted octanol–water partition coefficient (Wildman–Crippen LogP) is 4.91. The molecule has 1 aromatic heterocycles. The van der Waals surface area contributed by atoms with Crippen molar-refractivity contribution >= 4 is 23.1 Å². The van der Waals surface area contributed by atoms with Crippen molar-refractivity contribution in [2.75, 3.05) is 32.0 Å². The smallest absolute Gasteiger partial charge is 0.229 e. The van der Waals surface area contributed by atoms with E-state index in [-0.39, 0.29) is 0 Å². The lowest BCUT2D eigenvalue weighted by Crippen LogP contribution is -2.03. The van der Waals surface area contributed by atoms with E-state index >= 15 is 0 Å². The van der Waals surface area contributed by atoms with Gasteiger partial charge in [-0.2, -0.15) is 4.98 Å². The van der Waals surface area contributed by atoms with E-state index in [4.69, 9.17) is 14.2 Å². The van der Waals surface area contributed by atoms with Gasteiger partial charge < -0.3 is 24.8 Å². The van der Waals surface area contributed by atoms with Crippen molar-refractivity contribution in [2.45, 2.75) is 20.8 Å². The zero-order chi connectivity index (χ0) is 21.0. The fourth-order valence-electron chi connectivity index (χ4n) is 3.17. The summed E-state index contributed by atoms with van der Waals surface area (Å²) in [5, 5.41) is 6.57. The highest BCUT2D eigenvalue weighted by Crippen LogP contribution is 2.40. The molecule has 3 aromatic rings. The summed E-state index contributed by atoms with van der Waals surface area (Å²) < 4.78 is 16.2. The monoisotopic (exact) mass is 394 g/mol. The molecule has 0 saturated carbocycles. The van der Waals surface area contributed by atoms with E-state index in [1.54, 1.807) is 21.3 Å². The van der Waals surface area contributed by atoms with Gasteiger partial charge in [-0.3, -0.25) is 0 Å². The van der Waals surface area contributed by atoms with Gasteiger partial charge in [0.2, 0.25) is 11.7 Å². The lowest BCUT2D eigenvalue weighted by atomic mass is 10.1.